The molecule has 20 heavy (non-hydrogen) atoms. The first-order valence-corrected chi connectivity index (χ1v) is 6.05. The average molecular weight is 272 g/mol. The molecule has 0 radical (unpaired) electrons. The second-order valence-electron chi connectivity index (χ2n) is 4.41. The molecule has 0 heterocycles. The highest BCUT2D eigenvalue weighted by atomic mass is 16.5. The Labute approximate surface area is 117 Å². The van der Waals surface area contributed by atoms with E-state index < -0.39 is 5.91 Å². The van der Waals surface area contributed by atoms with E-state index in [0.717, 1.165) is 5.56 Å². The number of nitrogen functional groups attached to an aromatic ring is 1. The van der Waals surface area contributed by atoms with Gasteiger partial charge in [0.15, 0.2) is 0 Å². The summed E-state index contributed by atoms with van der Waals surface area (Å²) in [7, 11) is 1.50. The van der Waals surface area contributed by atoms with E-state index in [2.05, 4.69) is 5.32 Å². The molecule has 104 valence electrons. The van der Waals surface area contributed by atoms with Gasteiger partial charge in [-0.05, 0) is 42.8 Å². The number of carbonyl (C=O) groups excluding carboxylic acids is 1. The van der Waals surface area contributed by atoms with E-state index in [-0.39, 0.29) is 11.3 Å². The van der Waals surface area contributed by atoms with E-state index in [9.17, 15) is 9.90 Å². The molecule has 1 amide bonds. The van der Waals surface area contributed by atoms with Crippen LogP contribution in [-0.2, 0) is 0 Å². The van der Waals surface area contributed by atoms with Gasteiger partial charge in [0, 0.05) is 11.4 Å². The predicted molar refractivity (Wildman–Crippen MR) is 78.2 cm³/mol. The molecule has 4 N–H and O–H groups in total. The second kappa shape index (κ2) is 5.52. The van der Waals surface area contributed by atoms with Crippen LogP contribution >= 0.6 is 0 Å². The summed E-state index contributed by atoms with van der Waals surface area (Å²) in [5.74, 6) is -0.0304. The normalized spacial score (nSPS) is 10.1. The minimum atomic E-state index is -0.421. The molecule has 0 unspecified atom stereocenters. The molecule has 0 saturated heterocycles. The summed E-state index contributed by atoms with van der Waals surface area (Å²) in [6, 6.07) is 9.72. The molecule has 0 aliphatic carbocycles. The van der Waals surface area contributed by atoms with Crippen LogP contribution in [0.1, 0.15) is 15.9 Å². The Hall–Kier alpha value is -2.69. The van der Waals surface area contributed by atoms with Crippen LogP contribution in [0.15, 0.2) is 36.4 Å². The summed E-state index contributed by atoms with van der Waals surface area (Å²) >= 11 is 0. The highest BCUT2D eigenvalue weighted by Gasteiger charge is 2.13. The highest BCUT2D eigenvalue weighted by Crippen LogP contribution is 2.25. The largest absolute Gasteiger partial charge is 0.507 e. The van der Waals surface area contributed by atoms with Gasteiger partial charge in [0.25, 0.3) is 5.91 Å². The molecule has 0 saturated carbocycles. The first kappa shape index (κ1) is 13.7. The van der Waals surface area contributed by atoms with Gasteiger partial charge in [-0.25, -0.2) is 0 Å². The number of carbonyl (C=O) groups is 1. The molecule has 0 aliphatic heterocycles. The summed E-state index contributed by atoms with van der Waals surface area (Å²) < 4.78 is 5.04. The number of aryl methyl sites for hydroxylation is 1. The van der Waals surface area contributed by atoms with Crippen molar-refractivity contribution >= 4 is 17.3 Å². The molecule has 2 aromatic rings. The topological polar surface area (TPSA) is 84.6 Å². The smallest absolute Gasteiger partial charge is 0.259 e. The molecular formula is C15H16N2O3. The third-order valence-corrected chi connectivity index (χ3v) is 2.96. The minimum absolute atomic E-state index is 0.107. The van der Waals surface area contributed by atoms with E-state index in [4.69, 9.17) is 10.5 Å². The molecule has 2 aromatic carbocycles. The molecule has 0 spiro atoms. The number of anilines is 2. The Morgan fingerprint density at radius 3 is 2.70 bits per heavy atom. The summed E-state index contributed by atoms with van der Waals surface area (Å²) in [5, 5.41) is 12.5. The lowest BCUT2D eigenvalue weighted by Gasteiger charge is -2.11. The van der Waals surface area contributed by atoms with Gasteiger partial charge < -0.3 is 20.9 Å². The first-order valence-electron chi connectivity index (χ1n) is 6.05. The van der Waals surface area contributed by atoms with Gasteiger partial charge >= 0.3 is 0 Å². The van der Waals surface area contributed by atoms with Crippen molar-refractivity contribution in [3.8, 4) is 11.5 Å². The molecule has 5 heteroatoms. The van der Waals surface area contributed by atoms with Crippen LogP contribution in [0, 0.1) is 6.92 Å². The molecule has 0 atom stereocenters. The van der Waals surface area contributed by atoms with Gasteiger partial charge in [-0.1, -0.05) is 6.07 Å². The minimum Gasteiger partial charge on any atom is -0.507 e. The van der Waals surface area contributed by atoms with Crippen molar-refractivity contribution in [2.24, 2.45) is 0 Å². The number of hydrogen-bond donors (Lipinski definition) is 3. The maximum atomic E-state index is 12.2. The fourth-order valence-corrected chi connectivity index (χ4v) is 1.79. The molecule has 0 bridgehead atoms. The quantitative estimate of drug-likeness (QED) is 0.750. The zero-order valence-corrected chi connectivity index (χ0v) is 11.3. The fraction of sp³-hybridized carbons (Fsp3) is 0.133. The lowest BCUT2D eigenvalue weighted by molar-refractivity contribution is 0.102. The van der Waals surface area contributed by atoms with Crippen molar-refractivity contribution in [3.63, 3.8) is 0 Å². The Morgan fingerprint density at radius 1 is 1.25 bits per heavy atom. The van der Waals surface area contributed by atoms with Crippen molar-refractivity contribution in [3.05, 3.63) is 47.5 Å². The molecule has 5 nitrogen and oxygen atoms in total. The van der Waals surface area contributed by atoms with Crippen LogP contribution in [0.25, 0.3) is 0 Å². The third kappa shape index (κ3) is 2.83. The van der Waals surface area contributed by atoms with Gasteiger partial charge in [-0.15, -0.1) is 0 Å². The van der Waals surface area contributed by atoms with Crippen LogP contribution in [0.3, 0.4) is 0 Å². The summed E-state index contributed by atoms with van der Waals surface area (Å²) in [5.41, 5.74) is 7.89. The second-order valence-corrected chi connectivity index (χ2v) is 4.41. The van der Waals surface area contributed by atoms with Crippen LogP contribution in [0.5, 0.6) is 11.5 Å². The Kier molecular flexibility index (Phi) is 3.79. The molecule has 0 fully saturated rings. The van der Waals surface area contributed by atoms with Crippen molar-refractivity contribution in [2.75, 3.05) is 18.2 Å². The number of nitrogens with two attached hydrogens (primary N) is 1. The van der Waals surface area contributed by atoms with Crippen LogP contribution in [0.2, 0.25) is 0 Å². The number of amides is 1. The predicted octanol–water partition coefficient (Wildman–Crippen LogP) is 2.54. The Bertz CT molecular complexity index is 654. The average Bonchev–Trinajstić information content (AvgIpc) is 2.43. The van der Waals surface area contributed by atoms with Crippen molar-refractivity contribution in [1.82, 2.24) is 0 Å². The number of benzene rings is 2. The lowest BCUT2D eigenvalue weighted by Crippen LogP contribution is -2.13. The molecule has 0 aliphatic rings. The van der Waals surface area contributed by atoms with Gasteiger partial charge in [-0.3, -0.25) is 4.79 Å². The number of phenolic OH excluding ortho intramolecular Hbond substituents is 1. The summed E-state index contributed by atoms with van der Waals surface area (Å²) in [6.45, 7) is 1.86. The fourth-order valence-electron chi connectivity index (χ4n) is 1.79. The van der Waals surface area contributed by atoms with Crippen molar-refractivity contribution in [2.45, 2.75) is 6.92 Å². The van der Waals surface area contributed by atoms with E-state index in [1.807, 2.05) is 13.0 Å². The maximum Gasteiger partial charge on any atom is 0.259 e. The van der Waals surface area contributed by atoms with Crippen molar-refractivity contribution < 1.29 is 14.6 Å². The maximum absolute atomic E-state index is 12.2. The lowest BCUT2D eigenvalue weighted by atomic mass is 10.1. The van der Waals surface area contributed by atoms with Gasteiger partial charge in [-0.2, -0.15) is 0 Å². The van der Waals surface area contributed by atoms with Gasteiger partial charge in [0.2, 0.25) is 0 Å². The van der Waals surface area contributed by atoms with Crippen LogP contribution in [-0.4, -0.2) is 18.1 Å². The zero-order chi connectivity index (χ0) is 14.7. The Balaban J connectivity index is 2.30. The summed E-state index contributed by atoms with van der Waals surface area (Å²) in [6.07, 6.45) is 0. The zero-order valence-electron chi connectivity index (χ0n) is 11.3. The monoisotopic (exact) mass is 272 g/mol. The van der Waals surface area contributed by atoms with Crippen LogP contribution < -0.4 is 15.8 Å². The number of hydrogen-bond acceptors (Lipinski definition) is 4. The number of aromatic hydroxyl groups is 1. The highest BCUT2D eigenvalue weighted by molar-refractivity contribution is 6.06. The van der Waals surface area contributed by atoms with Crippen molar-refractivity contribution in [1.29, 1.82) is 0 Å². The number of methoxy groups -OCH3 is 1. The number of rotatable bonds is 3. The number of ether oxygens (including phenoxy) is 1. The third-order valence-electron chi connectivity index (χ3n) is 2.96. The standard InChI is InChI=1S/C15H16N2O3/c1-9-3-4-10(16)7-13(9)17-15(19)12-8-11(20-2)5-6-14(12)18/h3-8,18H,16H2,1-2H3,(H,17,19). The summed E-state index contributed by atoms with van der Waals surface area (Å²) in [4.78, 5) is 12.2. The van der Waals surface area contributed by atoms with E-state index >= 15 is 0 Å². The van der Waals surface area contributed by atoms with Gasteiger partial charge in [0.1, 0.15) is 11.5 Å². The van der Waals surface area contributed by atoms with Gasteiger partial charge in [0.05, 0.1) is 12.7 Å². The number of nitrogens with one attached hydrogen (secondary N) is 1. The van der Waals surface area contributed by atoms with Crippen LogP contribution in [0.4, 0.5) is 11.4 Å². The van der Waals surface area contributed by atoms with E-state index in [0.29, 0.717) is 17.1 Å². The number of phenols is 1. The SMILES string of the molecule is COc1ccc(O)c(C(=O)Nc2cc(N)ccc2C)c1. The van der Waals surface area contributed by atoms with E-state index in [1.165, 1.54) is 19.2 Å². The van der Waals surface area contributed by atoms with E-state index in [1.54, 1.807) is 18.2 Å². The molecule has 2 rings (SSSR count). The molecular weight excluding hydrogens is 256 g/mol. The Morgan fingerprint density at radius 2 is 2.00 bits per heavy atom. The molecule has 0 aromatic heterocycles. The first-order chi connectivity index (χ1) is 9.51.